The highest BCUT2D eigenvalue weighted by molar-refractivity contribution is 5.71. The van der Waals surface area contributed by atoms with Crippen LogP contribution in [0.25, 0.3) is 5.82 Å². The smallest absolute Gasteiger partial charge is 0.166 e. The van der Waals surface area contributed by atoms with Crippen molar-refractivity contribution in [3.8, 4) is 5.82 Å². The maximum Gasteiger partial charge on any atom is 0.166 e. The van der Waals surface area contributed by atoms with Crippen LogP contribution in [-0.4, -0.2) is 45.7 Å². The van der Waals surface area contributed by atoms with Gasteiger partial charge in [-0.1, -0.05) is 12.1 Å². The van der Waals surface area contributed by atoms with Crippen LogP contribution in [0.4, 0.5) is 17.2 Å². The van der Waals surface area contributed by atoms with Gasteiger partial charge in [0.25, 0.3) is 0 Å². The highest BCUT2D eigenvalue weighted by Gasteiger charge is 2.22. The van der Waals surface area contributed by atoms with Crippen LogP contribution in [0.5, 0.6) is 0 Å². The summed E-state index contributed by atoms with van der Waals surface area (Å²) in [6.07, 6.45) is 6.81. The first-order valence-corrected chi connectivity index (χ1v) is 8.80. The van der Waals surface area contributed by atoms with E-state index in [0.717, 1.165) is 32.0 Å². The Bertz CT molecular complexity index is 896. The third kappa shape index (κ3) is 2.85. The Morgan fingerprint density at radius 2 is 1.69 bits per heavy atom. The van der Waals surface area contributed by atoms with Gasteiger partial charge < -0.3 is 15.5 Å². The van der Waals surface area contributed by atoms with Gasteiger partial charge in [-0.25, -0.2) is 15.0 Å². The second kappa shape index (κ2) is 6.67. The third-order valence-electron chi connectivity index (χ3n) is 5.09. The average molecular weight is 349 g/mol. The molecule has 0 aliphatic carbocycles. The molecule has 1 aliphatic heterocycles. The predicted octanol–water partition coefficient (Wildman–Crippen LogP) is 2.19. The van der Waals surface area contributed by atoms with Crippen molar-refractivity contribution in [1.29, 1.82) is 0 Å². The summed E-state index contributed by atoms with van der Waals surface area (Å²) in [5, 5.41) is 0. The number of rotatable bonds is 3. The molecule has 1 aromatic carbocycles. The molecule has 0 unspecified atom stereocenters. The van der Waals surface area contributed by atoms with Gasteiger partial charge in [0.2, 0.25) is 0 Å². The van der Waals surface area contributed by atoms with E-state index in [2.05, 4.69) is 56.8 Å². The van der Waals surface area contributed by atoms with Crippen molar-refractivity contribution >= 4 is 17.2 Å². The van der Waals surface area contributed by atoms with Gasteiger partial charge in [0.1, 0.15) is 18.3 Å². The van der Waals surface area contributed by atoms with Crippen LogP contribution in [0, 0.1) is 13.8 Å². The molecule has 0 amide bonds. The first kappa shape index (κ1) is 16.4. The van der Waals surface area contributed by atoms with Crippen LogP contribution in [-0.2, 0) is 0 Å². The van der Waals surface area contributed by atoms with Crippen molar-refractivity contribution in [3.05, 3.63) is 54.4 Å². The summed E-state index contributed by atoms with van der Waals surface area (Å²) in [4.78, 5) is 17.5. The van der Waals surface area contributed by atoms with E-state index in [4.69, 9.17) is 5.73 Å². The summed E-state index contributed by atoms with van der Waals surface area (Å²) >= 11 is 0. The van der Waals surface area contributed by atoms with E-state index < -0.39 is 0 Å². The molecular formula is C19H23N7. The van der Waals surface area contributed by atoms with Crippen molar-refractivity contribution < 1.29 is 0 Å². The number of imidazole rings is 1. The second-order valence-electron chi connectivity index (χ2n) is 6.60. The molecule has 0 spiro atoms. The molecule has 0 bridgehead atoms. The third-order valence-corrected chi connectivity index (χ3v) is 5.09. The fraction of sp³-hybridized carbons (Fsp3) is 0.316. The Labute approximate surface area is 153 Å². The summed E-state index contributed by atoms with van der Waals surface area (Å²) < 4.78 is 1.81. The number of benzene rings is 1. The van der Waals surface area contributed by atoms with Gasteiger partial charge in [0.15, 0.2) is 11.6 Å². The molecule has 1 saturated heterocycles. The Kier molecular flexibility index (Phi) is 4.20. The maximum absolute atomic E-state index is 6.37. The van der Waals surface area contributed by atoms with Crippen molar-refractivity contribution in [2.45, 2.75) is 13.8 Å². The number of nitrogen functional groups attached to an aromatic ring is 1. The van der Waals surface area contributed by atoms with Crippen molar-refractivity contribution in [1.82, 2.24) is 19.5 Å². The monoisotopic (exact) mass is 349 g/mol. The highest BCUT2D eigenvalue weighted by atomic mass is 15.3. The predicted molar refractivity (Wildman–Crippen MR) is 104 cm³/mol. The van der Waals surface area contributed by atoms with Gasteiger partial charge in [-0.2, -0.15) is 0 Å². The van der Waals surface area contributed by atoms with E-state index in [0.29, 0.717) is 11.5 Å². The molecule has 1 fully saturated rings. The first-order valence-electron chi connectivity index (χ1n) is 8.80. The van der Waals surface area contributed by atoms with Crippen LogP contribution < -0.4 is 15.5 Å². The SMILES string of the molecule is Cc1cccc(N2CCN(c3ncnc(-n4ccnc4)c3N)CC2)c1C. The number of aryl methyl sites for hydroxylation is 1. The molecule has 3 heterocycles. The molecule has 2 aromatic heterocycles. The first-order chi connectivity index (χ1) is 12.6. The maximum atomic E-state index is 6.37. The number of hydrogen-bond acceptors (Lipinski definition) is 6. The van der Waals surface area contributed by atoms with Crippen LogP contribution in [0.3, 0.4) is 0 Å². The van der Waals surface area contributed by atoms with Gasteiger partial charge >= 0.3 is 0 Å². The number of nitrogens with two attached hydrogens (primary N) is 1. The normalized spacial score (nSPS) is 14.7. The van der Waals surface area contributed by atoms with Crippen LogP contribution in [0.15, 0.2) is 43.2 Å². The van der Waals surface area contributed by atoms with E-state index in [-0.39, 0.29) is 0 Å². The van der Waals surface area contributed by atoms with Gasteiger partial charge in [0, 0.05) is 44.3 Å². The fourth-order valence-electron chi connectivity index (χ4n) is 3.46. The lowest BCUT2D eigenvalue weighted by Gasteiger charge is -2.38. The zero-order valence-electron chi connectivity index (χ0n) is 15.1. The van der Waals surface area contributed by atoms with Crippen LogP contribution in [0.2, 0.25) is 0 Å². The highest BCUT2D eigenvalue weighted by Crippen LogP contribution is 2.28. The summed E-state index contributed by atoms with van der Waals surface area (Å²) in [6, 6.07) is 6.49. The van der Waals surface area contributed by atoms with E-state index in [1.165, 1.54) is 16.8 Å². The number of anilines is 3. The second-order valence-corrected chi connectivity index (χ2v) is 6.60. The summed E-state index contributed by atoms with van der Waals surface area (Å²) in [6.45, 7) is 7.98. The largest absolute Gasteiger partial charge is 0.393 e. The molecule has 3 aromatic rings. The lowest BCUT2D eigenvalue weighted by Crippen LogP contribution is -2.47. The summed E-state index contributed by atoms with van der Waals surface area (Å²) in [5.41, 5.74) is 11.0. The Hall–Kier alpha value is -3.09. The minimum Gasteiger partial charge on any atom is -0.393 e. The quantitative estimate of drug-likeness (QED) is 0.781. The molecular weight excluding hydrogens is 326 g/mol. The number of nitrogens with zero attached hydrogens (tertiary/aromatic N) is 6. The molecule has 134 valence electrons. The van der Waals surface area contributed by atoms with E-state index in [1.54, 1.807) is 18.9 Å². The van der Waals surface area contributed by atoms with Crippen molar-refractivity contribution in [3.63, 3.8) is 0 Å². The zero-order chi connectivity index (χ0) is 18.1. The summed E-state index contributed by atoms with van der Waals surface area (Å²) in [7, 11) is 0. The van der Waals surface area contributed by atoms with Gasteiger partial charge in [-0.05, 0) is 31.0 Å². The molecule has 1 aliphatic rings. The minimum atomic E-state index is 0.589. The lowest BCUT2D eigenvalue weighted by molar-refractivity contribution is 0.646. The average Bonchev–Trinajstić information content (AvgIpc) is 3.19. The molecule has 7 nitrogen and oxygen atoms in total. The Morgan fingerprint density at radius 3 is 2.42 bits per heavy atom. The number of piperazine rings is 1. The van der Waals surface area contributed by atoms with Crippen LogP contribution >= 0.6 is 0 Å². The van der Waals surface area contributed by atoms with Crippen molar-refractivity contribution in [2.75, 3.05) is 41.7 Å². The molecule has 2 N–H and O–H groups in total. The number of aromatic nitrogens is 4. The molecule has 0 radical (unpaired) electrons. The lowest BCUT2D eigenvalue weighted by atomic mass is 10.1. The molecule has 0 saturated carbocycles. The Morgan fingerprint density at radius 1 is 0.962 bits per heavy atom. The van der Waals surface area contributed by atoms with E-state index in [1.807, 2.05) is 10.8 Å². The Balaban J connectivity index is 1.54. The zero-order valence-corrected chi connectivity index (χ0v) is 15.1. The summed E-state index contributed by atoms with van der Waals surface area (Å²) in [5.74, 6) is 1.47. The van der Waals surface area contributed by atoms with E-state index >= 15 is 0 Å². The topological polar surface area (TPSA) is 76.1 Å². The molecule has 26 heavy (non-hydrogen) atoms. The van der Waals surface area contributed by atoms with Gasteiger partial charge in [0.05, 0.1) is 0 Å². The van der Waals surface area contributed by atoms with E-state index in [9.17, 15) is 0 Å². The van der Waals surface area contributed by atoms with Gasteiger partial charge in [-0.3, -0.25) is 4.57 Å². The van der Waals surface area contributed by atoms with Crippen LogP contribution in [0.1, 0.15) is 11.1 Å². The van der Waals surface area contributed by atoms with Gasteiger partial charge in [-0.15, -0.1) is 0 Å². The fourth-order valence-corrected chi connectivity index (χ4v) is 3.46. The minimum absolute atomic E-state index is 0.589. The standard InChI is InChI=1S/C19H23N7/c1-14-4-3-5-16(15(14)2)24-8-10-25(11-9-24)18-17(20)19(23-12-22-18)26-7-6-21-13-26/h3-7,12-13H,8-11,20H2,1-2H3. The molecule has 7 heteroatoms. The van der Waals surface area contributed by atoms with Crippen molar-refractivity contribution in [2.24, 2.45) is 0 Å². The molecule has 0 atom stereocenters. The molecule has 4 rings (SSSR count). The number of hydrogen-bond donors (Lipinski definition) is 1.